The van der Waals surface area contributed by atoms with E-state index in [9.17, 15) is 4.79 Å². The number of hydrogen-bond acceptors (Lipinski definition) is 6. The van der Waals surface area contributed by atoms with Gasteiger partial charge in [-0.15, -0.1) is 5.10 Å². The summed E-state index contributed by atoms with van der Waals surface area (Å²) in [4.78, 5) is 14.8. The predicted molar refractivity (Wildman–Crippen MR) is 104 cm³/mol. The molecule has 7 nitrogen and oxygen atoms in total. The van der Waals surface area contributed by atoms with Crippen molar-refractivity contribution in [2.75, 3.05) is 18.6 Å². The van der Waals surface area contributed by atoms with Gasteiger partial charge in [-0.1, -0.05) is 30.0 Å². The summed E-state index contributed by atoms with van der Waals surface area (Å²) in [7, 11) is 1.62. The van der Waals surface area contributed by atoms with Crippen molar-refractivity contribution < 1.29 is 9.53 Å². The second-order valence-corrected chi connectivity index (χ2v) is 7.51. The number of thioether (sulfide) groups is 1. The Bertz CT molecular complexity index is 957. The molecular weight excluding hydrogens is 362 g/mol. The SMILES string of the molecule is COc1ccc(-n2nnnc2S[C@H](C)C(=O)N2CCc3ccccc32)cc1. The maximum Gasteiger partial charge on any atom is 0.240 e. The van der Waals surface area contributed by atoms with Crippen molar-refractivity contribution in [3.63, 3.8) is 0 Å². The number of aromatic nitrogens is 4. The standard InChI is InChI=1S/C19H19N5O2S/c1-13(18(25)23-12-11-14-5-3-4-6-17(14)23)27-19-20-21-22-24(19)15-7-9-16(26-2)10-8-15/h3-10,13H,11-12H2,1-2H3/t13-/m1/s1. The van der Waals surface area contributed by atoms with Gasteiger partial charge in [0.05, 0.1) is 18.0 Å². The molecule has 1 aliphatic heterocycles. The quantitative estimate of drug-likeness (QED) is 0.633. The number of fused-ring (bicyclic) bond motifs is 1. The van der Waals surface area contributed by atoms with Crippen LogP contribution < -0.4 is 9.64 Å². The fourth-order valence-electron chi connectivity index (χ4n) is 3.13. The maximum atomic E-state index is 13.0. The van der Waals surface area contributed by atoms with E-state index in [4.69, 9.17) is 4.74 Å². The van der Waals surface area contributed by atoms with Crippen LogP contribution in [-0.2, 0) is 11.2 Å². The molecule has 1 amide bonds. The Kier molecular flexibility index (Phi) is 4.81. The van der Waals surface area contributed by atoms with Crippen LogP contribution >= 0.6 is 11.8 Å². The summed E-state index contributed by atoms with van der Waals surface area (Å²) in [5.74, 6) is 0.825. The van der Waals surface area contributed by atoms with Crippen molar-refractivity contribution >= 4 is 23.4 Å². The van der Waals surface area contributed by atoms with E-state index in [1.165, 1.54) is 17.3 Å². The van der Waals surface area contributed by atoms with Crippen molar-refractivity contribution in [3.05, 3.63) is 54.1 Å². The molecule has 8 heteroatoms. The first-order valence-electron chi connectivity index (χ1n) is 8.66. The van der Waals surface area contributed by atoms with Gasteiger partial charge in [-0.2, -0.15) is 4.68 Å². The van der Waals surface area contributed by atoms with E-state index in [1.54, 1.807) is 11.8 Å². The molecule has 138 valence electrons. The Morgan fingerprint density at radius 3 is 2.74 bits per heavy atom. The molecule has 1 aromatic heterocycles. The predicted octanol–water partition coefficient (Wildman–Crippen LogP) is 2.74. The highest BCUT2D eigenvalue weighted by Gasteiger charge is 2.29. The van der Waals surface area contributed by atoms with Gasteiger partial charge in [0.25, 0.3) is 0 Å². The number of carbonyl (C=O) groups is 1. The van der Waals surface area contributed by atoms with Crippen molar-refractivity contribution in [3.8, 4) is 11.4 Å². The van der Waals surface area contributed by atoms with E-state index in [1.807, 2.05) is 54.3 Å². The van der Waals surface area contributed by atoms with Crippen molar-refractivity contribution in [2.24, 2.45) is 0 Å². The number of benzene rings is 2. The first-order valence-corrected chi connectivity index (χ1v) is 9.54. The first-order chi connectivity index (χ1) is 13.2. The third-order valence-electron chi connectivity index (χ3n) is 4.54. The lowest BCUT2D eigenvalue weighted by molar-refractivity contribution is -0.117. The molecule has 0 fully saturated rings. The molecule has 0 radical (unpaired) electrons. The van der Waals surface area contributed by atoms with Gasteiger partial charge in [0.15, 0.2) is 0 Å². The minimum atomic E-state index is -0.306. The Hall–Kier alpha value is -2.87. The lowest BCUT2D eigenvalue weighted by atomic mass is 10.2. The molecule has 2 heterocycles. The van der Waals surface area contributed by atoms with Crippen LogP contribution in [0.25, 0.3) is 5.69 Å². The van der Waals surface area contributed by atoms with E-state index in [-0.39, 0.29) is 11.2 Å². The van der Waals surface area contributed by atoms with E-state index in [0.717, 1.165) is 23.5 Å². The van der Waals surface area contributed by atoms with Crippen LogP contribution in [0.5, 0.6) is 5.75 Å². The number of amides is 1. The number of ether oxygens (including phenoxy) is 1. The van der Waals surface area contributed by atoms with Crippen LogP contribution in [-0.4, -0.2) is 45.0 Å². The molecule has 27 heavy (non-hydrogen) atoms. The summed E-state index contributed by atoms with van der Waals surface area (Å²) in [6, 6.07) is 15.5. The van der Waals surface area contributed by atoms with Gasteiger partial charge >= 0.3 is 0 Å². The molecule has 3 aromatic rings. The van der Waals surface area contributed by atoms with Gasteiger partial charge < -0.3 is 9.64 Å². The van der Waals surface area contributed by atoms with Crippen molar-refractivity contribution in [2.45, 2.75) is 23.8 Å². The second kappa shape index (κ2) is 7.40. The molecule has 0 saturated heterocycles. The van der Waals surface area contributed by atoms with Crippen LogP contribution in [0.3, 0.4) is 0 Å². The topological polar surface area (TPSA) is 73.1 Å². The van der Waals surface area contributed by atoms with Gasteiger partial charge in [-0.3, -0.25) is 4.79 Å². The van der Waals surface area contributed by atoms with E-state index in [0.29, 0.717) is 11.7 Å². The zero-order valence-electron chi connectivity index (χ0n) is 15.1. The summed E-state index contributed by atoms with van der Waals surface area (Å²) in [6.45, 7) is 2.60. The summed E-state index contributed by atoms with van der Waals surface area (Å²) >= 11 is 1.36. The Labute approximate surface area is 161 Å². The third-order valence-corrected chi connectivity index (χ3v) is 5.56. The summed E-state index contributed by atoms with van der Waals surface area (Å²) in [6.07, 6.45) is 0.892. The molecule has 0 saturated carbocycles. The fourth-order valence-corrected chi connectivity index (χ4v) is 4.00. The van der Waals surface area contributed by atoms with Crippen molar-refractivity contribution in [1.82, 2.24) is 20.2 Å². The molecule has 0 N–H and O–H groups in total. The van der Waals surface area contributed by atoms with Crippen LogP contribution in [0.1, 0.15) is 12.5 Å². The molecule has 0 bridgehead atoms. The van der Waals surface area contributed by atoms with Gasteiger partial charge in [-0.05, 0) is 59.7 Å². The number of nitrogens with zero attached hydrogens (tertiary/aromatic N) is 5. The average Bonchev–Trinajstić information content (AvgIpc) is 3.34. The zero-order chi connectivity index (χ0) is 18.8. The van der Waals surface area contributed by atoms with Gasteiger partial charge in [0, 0.05) is 12.2 Å². The number of anilines is 1. The van der Waals surface area contributed by atoms with E-state index < -0.39 is 0 Å². The third kappa shape index (κ3) is 3.40. The largest absolute Gasteiger partial charge is 0.497 e. The first kappa shape index (κ1) is 17.5. The number of rotatable bonds is 5. The molecule has 4 rings (SSSR count). The van der Waals surface area contributed by atoms with Gasteiger partial charge in [0.2, 0.25) is 11.1 Å². The number of para-hydroxylation sites is 1. The Morgan fingerprint density at radius 1 is 1.19 bits per heavy atom. The molecule has 1 atom stereocenters. The minimum Gasteiger partial charge on any atom is -0.497 e. The molecule has 2 aromatic carbocycles. The van der Waals surface area contributed by atoms with Crippen LogP contribution in [0.2, 0.25) is 0 Å². The van der Waals surface area contributed by atoms with Gasteiger partial charge in [-0.25, -0.2) is 0 Å². The fraction of sp³-hybridized carbons (Fsp3) is 0.263. The van der Waals surface area contributed by atoms with Crippen LogP contribution in [0.15, 0.2) is 53.7 Å². The minimum absolute atomic E-state index is 0.0641. The van der Waals surface area contributed by atoms with E-state index >= 15 is 0 Å². The van der Waals surface area contributed by atoms with E-state index in [2.05, 4.69) is 21.6 Å². The monoisotopic (exact) mass is 381 g/mol. The maximum absolute atomic E-state index is 13.0. The second-order valence-electron chi connectivity index (χ2n) is 6.20. The highest BCUT2D eigenvalue weighted by atomic mass is 32.2. The smallest absolute Gasteiger partial charge is 0.240 e. The normalized spacial score (nSPS) is 14.1. The highest BCUT2D eigenvalue weighted by molar-refractivity contribution is 8.00. The highest BCUT2D eigenvalue weighted by Crippen LogP contribution is 2.31. The molecule has 0 spiro atoms. The van der Waals surface area contributed by atoms with Crippen molar-refractivity contribution in [1.29, 1.82) is 0 Å². The summed E-state index contributed by atoms with van der Waals surface area (Å²) < 4.78 is 6.81. The number of tetrazole rings is 1. The zero-order valence-corrected chi connectivity index (χ0v) is 15.9. The Balaban J connectivity index is 1.51. The summed E-state index contributed by atoms with van der Waals surface area (Å²) in [5.41, 5.74) is 3.03. The van der Waals surface area contributed by atoms with Crippen LogP contribution in [0, 0.1) is 0 Å². The lowest BCUT2D eigenvalue weighted by Crippen LogP contribution is -2.35. The molecular formula is C19H19N5O2S. The average molecular weight is 381 g/mol. The summed E-state index contributed by atoms with van der Waals surface area (Å²) in [5, 5.41) is 12.2. The number of carbonyl (C=O) groups excluding carboxylic acids is 1. The molecule has 0 unspecified atom stereocenters. The Morgan fingerprint density at radius 2 is 1.96 bits per heavy atom. The number of methoxy groups -OCH3 is 1. The number of hydrogen-bond donors (Lipinski definition) is 0. The van der Waals surface area contributed by atoms with Gasteiger partial charge in [0.1, 0.15) is 5.75 Å². The van der Waals surface area contributed by atoms with Crippen LogP contribution in [0.4, 0.5) is 5.69 Å². The lowest BCUT2D eigenvalue weighted by Gasteiger charge is -2.21. The molecule has 0 aliphatic carbocycles. The molecule has 1 aliphatic rings.